The predicted octanol–water partition coefficient (Wildman–Crippen LogP) is 5.32. The number of amides is 1. The number of aryl methyl sites for hydroxylation is 1. The smallest absolute Gasteiger partial charge is 0.265 e. The fraction of sp³-hybridized carbons (Fsp3) is 0.333. The van der Waals surface area contributed by atoms with E-state index < -0.39 is 0 Å². The zero-order valence-corrected chi connectivity index (χ0v) is 18.9. The van der Waals surface area contributed by atoms with Gasteiger partial charge in [-0.3, -0.25) is 4.79 Å². The van der Waals surface area contributed by atoms with Crippen LogP contribution in [0.2, 0.25) is 0 Å². The maximum atomic E-state index is 12.9. The highest BCUT2D eigenvalue weighted by molar-refractivity contribution is 7.17. The fourth-order valence-corrected chi connectivity index (χ4v) is 4.18. The van der Waals surface area contributed by atoms with Gasteiger partial charge in [-0.2, -0.15) is 0 Å². The van der Waals surface area contributed by atoms with Crippen LogP contribution in [0, 0.1) is 6.92 Å². The monoisotopic (exact) mass is 423 g/mol. The summed E-state index contributed by atoms with van der Waals surface area (Å²) in [5.74, 6) is 1.61. The number of ether oxygens (including phenoxy) is 1. The number of hydrogen-bond donors (Lipinski definition) is 0. The number of hydrogen-bond acceptors (Lipinski definition) is 5. The Morgan fingerprint density at radius 1 is 0.967 bits per heavy atom. The van der Waals surface area contributed by atoms with Gasteiger partial charge in [0.25, 0.3) is 5.91 Å². The first-order chi connectivity index (χ1) is 14.5. The van der Waals surface area contributed by atoms with Crippen molar-refractivity contribution < 1.29 is 9.53 Å². The summed E-state index contributed by atoms with van der Waals surface area (Å²) in [5.41, 5.74) is 1.76. The number of rotatable bonds is 9. The minimum atomic E-state index is 0.0347. The Balaban J connectivity index is 1.68. The lowest BCUT2D eigenvalue weighted by Gasteiger charge is -2.22. The van der Waals surface area contributed by atoms with Crippen molar-refractivity contribution in [3.05, 3.63) is 65.2 Å². The Kier molecular flexibility index (Phi) is 7.60. The summed E-state index contributed by atoms with van der Waals surface area (Å²) in [6.07, 6.45) is 0. The van der Waals surface area contributed by atoms with Gasteiger partial charge in [0.05, 0.1) is 5.69 Å². The second kappa shape index (κ2) is 10.4. The van der Waals surface area contributed by atoms with Crippen molar-refractivity contribution in [1.82, 2.24) is 14.8 Å². The van der Waals surface area contributed by atoms with E-state index in [1.807, 2.05) is 68.6 Å². The first kappa shape index (κ1) is 22.0. The summed E-state index contributed by atoms with van der Waals surface area (Å²) in [6, 6.07) is 17.5. The van der Waals surface area contributed by atoms with Crippen LogP contribution in [-0.4, -0.2) is 53.9 Å². The summed E-state index contributed by atoms with van der Waals surface area (Å²) in [7, 11) is 1.86. The van der Waals surface area contributed by atoms with E-state index in [9.17, 15) is 4.79 Å². The van der Waals surface area contributed by atoms with E-state index in [1.165, 1.54) is 11.3 Å². The Morgan fingerprint density at radius 2 is 1.60 bits per heavy atom. The number of benzene rings is 2. The third-order valence-electron chi connectivity index (χ3n) is 5.06. The summed E-state index contributed by atoms with van der Waals surface area (Å²) >= 11 is 1.45. The molecule has 30 heavy (non-hydrogen) atoms. The molecule has 0 aliphatic rings. The lowest BCUT2D eigenvalue weighted by molar-refractivity contribution is 0.0783. The second-order valence-electron chi connectivity index (χ2n) is 7.13. The number of likely N-dealkylation sites (N-methyl/N-ethyl adjacent to an activating group) is 2. The molecule has 2 aromatic carbocycles. The third kappa shape index (κ3) is 5.46. The molecular weight excluding hydrogens is 394 g/mol. The van der Waals surface area contributed by atoms with E-state index in [0.717, 1.165) is 47.4 Å². The third-order valence-corrected chi connectivity index (χ3v) is 6.26. The molecule has 0 fully saturated rings. The van der Waals surface area contributed by atoms with Gasteiger partial charge in [0.2, 0.25) is 0 Å². The number of carbonyl (C=O) groups is 1. The predicted molar refractivity (Wildman–Crippen MR) is 124 cm³/mol. The Morgan fingerprint density at radius 3 is 2.23 bits per heavy atom. The SMILES string of the molecule is CCN(CC)CCN(C)C(=O)c1sc(-c2ccc(Oc3ccccc3)cc2)nc1C. The van der Waals surface area contributed by atoms with Crippen LogP contribution in [0.25, 0.3) is 10.6 Å². The van der Waals surface area contributed by atoms with Crippen molar-refractivity contribution in [2.75, 3.05) is 33.2 Å². The average Bonchev–Trinajstić information content (AvgIpc) is 3.16. The molecule has 0 aliphatic carbocycles. The molecule has 6 heteroatoms. The molecular formula is C24H29N3O2S. The van der Waals surface area contributed by atoms with Crippen LogP contribution in [0.15, 0.2) is 54.6 Å². The average molecular weight is 424 g/mol. The minimum Gasteiger partial charge on any atom is -0.457 e. The van der Waals surface area contributed by atoms with Crippen molar-refractivity contribution in [2.24, 2.45) is 0 Å². The van der Waals surface area contributed by atoms with E-state index in [1.54, 1.807) is 4.90 Å². The molecule has 5 nitrogen and oxygen atoms in total. The number of carbonyl (C=O) groups excluding carboxylic acids is 1. The molecule has 1 aromatic heterocycles. The standard InChI is InChI=1S/C24H29N3O2S/c1-5-27(6-2)17-16-26(4)24(28)22-18(3)25-23(30-22)19-12-14-21(15-13-19)29-20-10-8-7-9-11-20/h7-15H,5-6,16-17H2,1-4H3. The maximum Gasteiger partial charge on any atom is 0.265 e. The number of nitrogens with zero attached hydrogens (tertiary/aromatic N) is 3. The molecule has 1 heterocycles. The van der Waals surface area contributed by atoms with Gasteiger partial charge in [0, 0.05) is 25.7 Å². The van der Waals surface area contributed by atoms with E-state index in [-0.39, 0.29) is 5.91 Å². The van der Waals surface area contributed by atoms with E-state index in [0.29, 0.717) is 11.4 Å². The Labute approximate surface area is 182 Å². The molecule has 0 saturated carbocycles. The van der Waals surface area contributed by atoms with Crippen LogP contribution in [0.3, 0.4) is 0 Å². The number of aromatic nitrogens is 1. The van der Waals surface area contributed by atoms with E-state index in [2.05, 4.69) is 23.7 Å². The fourth-order valence-electron chi connectivity index (χ4n) is 3.11. The second-order valence-corrected chi connectivity index (χ2v) is 8.13. The van der Waals surface area contributed by atoms with Crippen molar-refractivity contribution in [1.29, 1.82) is 0 Å². The van der Waals surface area contributed by atoms with Gasteiger partial charge < -0.3 is 14.5 Å². The molecule has 0 N–H and O–H groups in total. The van der Waals surface area contributed by atoms with Crippen LogP contribution in [0.5, 0.6) is 11.5 Å². The molecule has 3 aromatic rings. The highest BCUT2D eigenvalue weighted by Gasteiger charge is 2.20. The molecule has 0 radical (unpaired) electrons. The van der Waals surface area contributed by atoms with Crippen LogP contribution < -0.4 is 4.74 Å². The molecule has 1 amide bonds. The number of para-hydroxylation sites is 1. The molecule has 0 unspecified atom stereocenters. The van der Waals surface area contributed by atoms with Crippen LogP contribution >= 0.6 is 11.3 Å². The van der Waals surface area contributed by atoms with Crippen molar-refractivity contribution >= 4 is 17.2 Å². The highest BCUT2D eigenvalue weighted by atomic mass is 32.1. The molecule has 3 rings (SSSR count). The molecule has 0 bridgehead atoms. The van der Waals surface area contributed by atoms with Gasteiger partial charge in [0.1, 0.15) is 21.4 Å². The molecule has 0 saturated heterocycles. The van der Waals surface area contributed by atoms with Gasteiger partial charge >= 0.3 is 0 Å². The van der Waals surface area contributed by atoms with Crippen LogP contribution in [0.4, 0.5) is 0 Å². The van der Waals surface area contributed by atoms with Gasteiger partial charge in [-0.25, -0.2) is 4.98 Å². The Hall–Kier alpha value is -2.70. The van der Waals surface area contributed by atoms with Gasteiger partial charge in [-0.1, -0.05) is 32.0 Å². The zero-order chi connectivity index (χ0) is 21.5. The van der Waals surface area contributed by atoms with E-state index in [4.69, 9.17) is 4.74 Å². The summed E-state index contributed by atoms with van der Waals surface area (Å²) in [6.45, 7) is 9.75. The van der Waals surface area contributed by atoms with Gasteiger partial charge in [0.15, 0.2) is 0 Å². The van der Waals surface area contributed by atoms with E-state index >= 15 is 0 Å². The van der Waals surface area contributed by atoms with Crippen molar-refractivity contribution in [2.45, 2.75) is 20.8 Å². The summed E-state index contributed by atoms with van der Waals surface area (Å²) < 4.78 is 5.85. The normalized spacial score (nSPS) is 11.0. The largest absolute Gasteiger partial charge is 0.457 e. The maximum absolute atomic E-state index is 12.9. The van der Waals surface area contributed by atoms with Crippen LogP contribution in [0.1, 0.15) is 29.2 Å². The first-order valence-corrected chi connectivity index (χ1v) is 11.1. The minimum absolute atomic E-state index is 0.0347. The molecule has 0 atom stereocenters. The molecule has 0 spiro atoms. The highest BCUT2D eigenvalue weighted by Crippen LogP contribution is 2.31. The number of thiazole rings is 1. The Bertz CT molecular complexity index is 950. The lowest BCUT2D eigenvalue weighted by atomic mass is 10.2. The summed E-state index contributed by atoms with van der Waals surface area (Å²) in [5, 5.41) is 0.847. The zero-order valence-electron chi connectivity index (χ0n) is 18.1. The summed E-state index contributed by atoms with van der Waals surface area (Å²) in [4.78, 5) is 22.4. The first-order valence-electron chi connectivity index (χ1n) is 10.3. The molecule has 158 valence electrons. The van der Waals surface area contributed by atoms with Gasteiger partial charge in [-0.15, -0.1) is 11.3 Å². The lowest BCUT2D eigenvalue weighted by Crippen LogP contribution is -2.36. The van der Waals surface area contributed by atoms with Crippen molar-refractivity contribution in [3.63, 3.8) is 0 Å². The quantitative estimate of drug-likeness (QED) is 0.467. The molecule has 0 aliphatic heterocycles. The topological polar surface area (TPSA) is 45.7 Å². The van der Waals surface area contributed by atoms with Crippen molar-refractivity contribution in [3.8, 4) is 22.1 Å². The van der Waals surface area contributed by atoms with Gasteiger partial charge in [-0.05, 0) is 56.4 Å². The van der Waals surface area contributed by atoms with Crippen LogP contribution in [-0.2, 0) is 0 Å².